The molecule has 4 aromatic heterocycles. The quantitative estimate of drug-likeness (QED) is 0.0956. The van der Waals surface area contributed by atoms with Crippen molar-refractivity contribution in [3.63, 3.8) is 0 Å². The molecule has 0 aliphatic heterocycles. The van der Waals surface area contributed by atoms with Gasteiger partial charge in [-0.3, -0.25) is 19.6 Å². The smallest absolute Gasteiger partial charge is 0.259 e. The van der Waals surface area contributed by atoms with E-state index in [4.69, 9.17) is 15.7 Å². The molecule has 0 aliphatic rings. The summed E-state index contributed by atoms with van der Waals surface area (Å²) in [6, 6.07) is 14.9. The summed E-state index contributed by atoms with van der Waals surface area (Å²) in [5.74, 6) is 0.278. The third-order valence-corrected chi connectivity index (χ3v) is 9.27. The van der Waals surface area contributed by atoms with E-state index in [9.17, 15) is 14.7 Å². The van der Waals surface area contributed by atoms with Crippen LogP contribution in [0.2, 0.25) is 0 Å². The Morgan fingerprint density at radius 2 is 1.70 bits per heavy atom. The minimum atomic E-state index is -1.05. The molecule has 0 saturated heterocycles. The van der Waals surface area contributed by atoms with E-state index in [1.54, 1.807) is 28.2 Å². The Balaban J connectivity index is 1.25. The molecule has 0 aliphatic carbocycles. The lowest BCUT2D eigenvalue weighted by Gasteiger charge is -2.17. The Morgan fingerprint density at radius 1 is 0.957 bits per heavy atom. The van der Waals surface area contributed by atoms with Gasteiger partial charge in [0.1, 0.15) is 0 Å². The summed E-state index contributed by atoms with van der Waals surface area (Å²) >= 11 is 1.60. The van der Waals surface area contributed by atoms with Gasteiger partial charge in [-0.2, -0.15) is 5.10 Å². The van der Waals surface area contributed by atoms with Crippen molar-refractivity contribution in [2.45, 2.75) is 73.3 Å². The number of aliphatic hydroxyl groups excluding tert-OH is 1. The minimum absolute atomic E-state index is 0.171. The third-order valence-electron chi connectivity index (χ3n) is 8.30. The number of aryl methyl sites for hydroxylation is 7. The van der Waals surface area contributed by atoms with Crippen LogP contribution in [0.3, 0.4) is 0 Å². The van der Waals surface area contributed by atoms with E-state index in [0.717, 1.165) is 50.4 Å². The Morgan fingerprint density at radius 3 is 2.40 bits per heavy atom. The van der Waals surface area contributed by atoms with Gasteiger partial charge in [-0.1, -0.05) is 12.1 Å². The normalized spacial score (nSPS) is 12.2. The first kappa shape index (κ1) is 32.0. The number of carbonyl (C=O) groups excluding carboxylic acids is 2. The predicted octanol–water partition coefficient (Wildman–Crippen LogP) is 5.83. The maximum atomic E-state index is 13.3. The second kappa shape index (κ2) is 13.0. The fraction of sp³-hybridized carbons (Fsp3) is 0.324. The first-order valence-corrected chi connectivity index (χ1v) is 16.5. The van der Waals surface area contributed by atoms with Gasteiger partial charge in [0.15, 0.2) is 6.23 Å². The lowest BCUT2D eigenvalue weighted by atomic mass is 10.2. The van der Waals surface area contributed by atoms with Crippen molar-refractivity contribution in [3.05, 3.63) is 86.4 Å². The van der Waals surface area contributed by atoms with E-state index >= 15 is 0 Å². The lowest BCUT2D eigenvalue weighted by molar-refractivity contribution is 0.0997. The monoisotopic (exact) mass is 653 g/mol. The standard InChI is InChI=1S/C34H39N9O3S/c1-6-43-28(16-20(3)40-43)32(46)39-33-37-26-18-23(30(35)44)12-13-27(26)41(33)14-7-8-15-42-29-19(2)10-9-11-25(29)36-34(42)38-31(45)24-17-21(4)47-22(24)5/h9-13,16-18,32,46H,6-8,14-15H2,1-5H3,(H2,35,44)(H,37,39)(H,36,38,45). The van der Waals surface area contributed by atoms with Gasteiger partial charge in [0.2, 0.25) is 17.8 Å². The van der Waals surface area contributed by atoms with Gasteiger partial charge >= 0.3 is 0 Å². The molecule has 2 amide bonds. The molecule has 0 radical (unpaired) electrons. The zero-order chi connectivity index (χ0) is 33.4. The number of primary amides is 1. The minimum Gasteiger partial charge on any atom is -0.368 e. The van der Waals surface area contributed by atoms with Crippen molar-refractivity contribution < 1.29 is 14.7 Å². The van der Waals surface area contributed by atoms with Gasteiger partial charge in [0.05, 0.1) is 39.0 Å². The molecule has 6 rings (SSSR count). The molecule has 0 saturated carbocycles. The highest BCUT2D eigenvalue weighted by Crippen LogP contribution is 2.28. The zero-order valence-corrected chi connectivity index (χ0v) is 28.0. The summed E-state index contributed by atoms with van der Waals surface area (Å²) in [6.45, 7) is 11.7. The molecule has 0 fully saturated rings. The summed E-state index contributed by atoms with van der Waals surface area (Å²) < 4.78 is 5.84. The SMILES string of the molecule is CCn1nc(C)cc1C(O)Nc1nc2cc(C(N)=O)ccc2n1CCCCn1c(NC(=O)c2cc(C)sc2C)nc2cccc(C)c21. The molecule has 0 spiro atoms. The fourth-order valence-electron chi connectivity index (χ4n) is 6.10. The molecule has 4 heterocycles. The Hall–Kier alpha value is -5.01. The number of fused-ring (bicyclic) bond motifs is 2. The summed E-state index contributed by atoms with van der Waals surface area (Å²) in [6.07, 6.45) is 0.466. The number of nitrogens with two attached hydrogens (primary N) is 1. The highest BCUT2D eigenvalue weighted by molar-refractivity contribution is 7.12. The van der Waals surface area contributed by atoms with E-state index in [1.165, 1.54) is 0 Å². The van der Waals surface area contributed by atoms with Crippen LogP contribution in [0.1, 0.15) is 73.4 Å². The maximum absolute atomic E-state index is 13.3. The Bertz CT molecular complexity index is 2120. The van der Waals surface area contributed by atoms with E-state index in [-0.39, 0.29) is 5.91 Å². The average molecular weight is 654 g/mol. The van der Waals surface area contributed by atoms with E-state index in [2.05, 4.69) is 20.3 Å². The van der Waals surface area contributed by atoms with Crippen LogP contribution in [-0.4, -0.2) is 45.8 Å². The van der Waals surface area contributed by atoms with Gasteiger partial charge < -0.3 is 25.3 Å². The molecule has 47 heavy (non-hydrogen) atoms. The van der Waals surface area contributed by atoms with Crippen LogP contribution in [0.5, 0.6) is 0 Å². The van der Waals surface area contributed by atoms with E-state index in [1.807, 2.05) is 75.6 Å². The van der Waals surface area contributed by atoms with Crippen LogP contribution in [0.15, 0.2) is 48.5 Å². The number of aliphatic hydroxyl groups is 1. The number of nitrogens with one attached hydrogen (secondary N) is 2. The molecule has 6 aromatic rings. The van der Waals surface area contributed by atoms with Crippen LogP contribution in [0.4, 0.5) is 11.9 Å². The third kappa shape index (κ3) is 6.36. The number of anilines is 2. The van der Waals surface area contributed by atoms with Gasteiger partial charge in [-0.05, 0) is 89.4 Å². The van der Waals surface area contributed by atoms with Crippen LogP contribution < -0.4 is 16.4 Å². The number of nitrogens with zero attached hydrogens (tertiary/aromatic N) is 6. The number of unbranched alkanes of at least 4 members (excludes halogenated alkanes) is 1. The molecule has 12 nitrogen and oxygen atoms in total. The van der Waals surface area contributed by atoms with Crippen molar-refractivity contribution in [1.82, 2.24) is 28.9 Å². The fourth-order valence-corrected chi connectivity index (χ4v) is 7.02. The van der Waals surface area contributed by atoms with Gasteiger partial charge in [-0.15, -0.1) is 11.3 Å². The molecular weight excluding hydrogens is 615 g/mol. The zero-order valence-electron chi connectivity index (χ0n) is 27.2. The van der Waals surface area contributed by atoms with Gasteiger partial charge in [-0.25, -0.2) is 9.97 Å². The maximum Gasteiger partial charge on any atom is 0.259 e. The second-order valence-electron chi connectivity index (χ2n) is 11.7. The molecule has 5 N–H and O–H groups in total. The topological polar surface area (TPSA) is 158 Å². The first-order valence-electron chi connectivity index (χ1n) is 15.7. The van der Waals surface area contributed by atoms with Crippen molar-refractivity contribution in [1.29, 1.82) is 0 Å². The predicted molar refractivity (Wildman–Crippen MR) is 185 cm³/mol. The van der Waals surface area contributed by atoms with Crippen molar-refractivity contribution >= 4 is 57.1 Å². The summed E-state index contributed by atoms with van der Waals surface area (Å²) in [7, 11) is 0. The van der Waals surface area contributed by atoms with Crippen LogP contribution in [-0.2, 0) is 19.6 Å². The molecular formula is C34H39N9O3S. The number of thiophene rings is 1. The lowest BCUT2D eigenvalue weighted by Crippen LogP contribution is -2.18. The Labute approximate surface area is 276 Å². The van der Waals surface area contributed by atoms with E-state index in [0.29, 0.717) is 53.9 Å². The molecule has 0 bridgehead atoms. The molecule has 244 valence electrons. The van der Waals surface area contributed by atoms with Gasteiger partial charge in [0, 0.05) is 35.0 Å². The second-order valence-corrected chi connectivity index (χ2v) is 13.2. The van der Waals surface area contributed by atoms with Crippen LogP contribution in [0, 0.1) is 27.7 Å². The molecule has 13 heteroatoms. The van der Waals surface area contributed by atoms with Gasteiger partial charge in [0.25, 0.3) is 5.91 Å². The van der Waals surface area contributed by atoms with Crippen LogP contribution in [0.25, 0.3) is 22.1 Å². The van der Waals surface area contributed by atoms with E-state index < -0.39 is 12.1 Å². The summed E-state index contributed by atoms with van der Waals surface area (Å²) in [5, 5.41) is 21.9. The summed E-state index contributed by atoms with van der Waals surface area (Å²) in [4.78, 5) is 36.8. The van der Waals surface area contributed by atoms with Crippen molar-refractivity contribution in [2.75, 3.05) is 10.6 Å². The van der Waals surface area contributed by atoms with Crippen molar-refractivity contribution in [2.24, 2.45) is 5.73 Å². The number of hydrogen-bond donors (Lipinski definition) is 4. The molecule has 1 atom stereocenters. The first-order chi connectivity index (χ1) is 22.5. The molecule has 2 aromatic carbocycles. The number of amides is 2. The Kier molecular flexibility index (Phi) is 8.84. The molecule has 1 unspecified atom stereocenters. The van der Waals surface area contributed by atoms with Crippen molar-refractivity contribution in [3.8, 4) is 0 Å². The number of para-hydroxylation sites is 1. The largest absolute Gasteiger partial charge is 0.368 e. The summed E-state index contributed by atoms with van der Waals surface area (Å²) in [5.41, 5.74) is 12.3. The number of benzene rings is 2. The highest BCUT2D eigenvalue weighted by Gasteiger charge is 2.21. The average Bonchev–Trinajstić information content (AvgIpc) is 3.77. The number of aromatic nitrogens is 6. The number of hydrogen-bond acceptors (Lipinski definition) is 8. The number of rotatable bonds is 12. The van der Waals surface area contributed by atoms with Crippen LogP contribution >= 0.6 is 11.3 Å². The number of carbonyl (C=O) groups is 2. The highest BCUT2D eigenvalue weighted by atomic mass is 32.1. The number of imidazole rings is 2.